The van der Waals surface area contributed by atoms with Crippen LogP contribution in [0.3, 0.4) is 0 Å². The van der Waals surface area contributed by atoms with E-state index in [0.717, 1.165) is 18.9 Å². The molecule has 1 atom stereocenters. The average molecular weight is 262 g/mol. The van der Waals surface area contributed by atoms with Crippen molar-refractivity contribution < 1.29 is 23.0 Å². The number of hydrogen-bond acceptors (Lipinski definition) is 2. The molecule has 0 aromatic heterocycles. The van der Waals surface area contributed by atoms with Crippen molar-refractivity contribution in [3.63, 3.8) is 0 Å². The molecular weight excluding hydrogens is 245 g/mol. The molecule has 0 bridgehead atoms. The molecule has 0 spiro atoms. The molecule has 1 unspecified atom stereocenters. The van der Waals surface area contributed by atoms with Crippen molar-refractivity contribution in [2.45, 2.75) is 25.9 Å². The number of para-hydroxylation sites is 1. The van der Waals surface area contributed by atoms with Crippen LogP contribution in [0.1, 0.15) is 25.3 Å². The average Bonchev–Trinajstić information content (AvgIpc) is 2.33. The molecule has 0 aliphatic heterocycles. The molecule has 1 aromatic rings. The predicted octanol–water partition coefficient (Wildman–Crippen LogP) is 3.49. The number of halogens is 3. The highest BCUT2D eigenvalue weighted by Gasteiger charge is 2.34. The first-order valence-electron chi connectivity index (χ1n) is 5.89. The monoisotopic (exact) mass is 262 g/mol. The van der Waals surface area contributed by atoms with E-state index >= 15 is 0 Å². The lowest BCUT2D eigenvalue weighted by Crippen LogP contribution is -2.17. The molecule has 0 radical (unpaired) electrons. The highest BCUT2D eigenvalue weighted by Crippen LogP contribution is 2.36. The lowest BCUT2D eigenvalue weighted by molar-refractivity contribution is -0.139. The van der Waals surface area contributed by atoms with Crippen molar-refractivity contribution in [3.8, 4) is 5.75 Å². The molecule has 1 aromatic carbocycles. The van der Waals surface area contributed by atoms with Crippen LogP contribution < -0.4 is 4.74 Å². The number of alkyl halides is 3. The van der Waals surface area contributed by atoms with E-state index in [1.54, 1.807) is 0 Å². The molecule has 0 heterocycles. The van der Waals surface area contributed by atoms with Gasteiger partial charge in [0, 0.05) is 12.5 Å². The van der Waals surface area contributed by atoms with Gasteiger partial charge in [-0.3, -0.25) is 0 Å². The van der Waals surface area contributed by atoms with E-state index in [1.807, 2.05) is 6.92 Å². The third-order valence-corrected chi connectivity index (χ3v) is 2.62. The van der Waals surface area contributed by atoms with Gasteiger partial charge in [0.1, 0.15) is 5.75 Å². The summed E-state index contributed by atoms with van der Waals surface area (Å²) < 4.78 is 43.2. The van der Waals surface area contributed by atoms with E-state index in [1.165, 1.54) is 18.2 Å². The van der Waals surface area contributed by atoms with Crippen LogP contribution in [0.25, 0.3) is 0 Å². The van der Waals surface area contributed by atoms with Crippen molar-refractivity contribution in [2.24, 2.45) is 5.92 Å². The molecule has 5 heteroatoms. The van der Waals surface area contributed by atoms with Gasteiger partial charge in [-0.25, -0.2) is 0 Å². The number of aliphatic hydroxyl groups is 1. The molecule has 0 aliphatic carbocycles. The summed E-state index contributed by atoms with van der Waals surface area (Å²) in [7, 11) is 0. The fourth-order valence-electron chi connectivity index (χ4n) is 1.67. The van der Waals surface area contributed by atoms with Crippen LogP contribution >= 0.6 is 0 Å². The van der Waals surface area contributed by atoms with E-state index in [-0.39, 0.29) is 24.9 Å². The summed E-state index contributed by atoms with van der Waals surface area (Å²) in [5.41, 5.74) is -0.779. The maximum absolute atomic E-state index is 12.7. The van der Waals surface area contributed by atoms with Crippen LogP contribution in [0, 0.1) is 5.92 Å². The van der Waals surface area contributed by atoms with Crippen molar-refractivity contribution in [3.05, 3.63) is 29.8 Å². The summed E-state index contributed by atoms with van der Waals surface area (Å²) in [6, 6.07) is 5.11. The van der Waals surface area contributed by atoms with Gasteiger partial charge in [-0.1, -0.05) is 25.5 Å². The Bertz CT molecular complexity index is 363. The van der Waals surface area contributed by atoms with Crippen molar-refractivity contribution >= 4 is 0 Å². The number of aliphatic hydroxyl groups excluding tert-OH is 1. The van der Waals surface area contributed by atoms with Crippen molar-refractivity contribution in [2.75, 3.05) is 13.2 Å². The summed E-state index contributed by atoms with van der Waals surface area (Å²) in [6.07, 6.45) is -2.84. The van der Waals surface area contributed by atoms with Gasteiger partial charge in [0.15, 0.2) is 0 Å². The second kappa shape index (κ2) is 6.64. The van der Waals surface area contributed by atoms with Crippen molar-refractivity contribution in [1.29, 1.82) is 0 Å². The third-order valence-electron chi connectivity index (χ3n) is 2.62. The number of ether oxygens (including phenoxy) is 1. The van der Waals surface area contributed by atoms with Crippen molar-refractivity contribution in [1.82, 2.24) is 0 Å². The highest BCUT2D eigenvalue weighted by atomic mass is 19.4. The molecule has 0 fully saturated rings. The second-order valence-electron chi connectivity index (χ2n) is 4.14. The largest absolute Gasteiger partial charge is 0.493 e. The summed E-state index contributed by atoms with van der Waals surface area (Å²) >= 11 is 0. The van der Waals surface area contributed by atoms with Gasteiger partial charge in [-0.2, -0.15) is 13.2 Å². The number of hydrogen-bond donors (Lipinski definition) is 1. The fourth-order valence-corrected chi connectivity index (χ4v) is 1.67. The summed E-state index contributed by atoms with van der Waals surface area (Å²) in [6.45, 7) is 1.96. The first-order valence-corrected chi connectivity index (χ1v) is 5.89. The summed E-state index contributed by atoms with van der Waals surface area (Å²) in [5, 5.41) is 9.06. The second-order valence-corrected chi connectivity index (χ2v) is 4.14. The van der Waals surface area contributed by atoms with Gasteiger partial charge in [-0.15, -0.1) is 0 Å². The Morgan fingerprint density at radius 2 is 1.94 bits per heavy atom. The summed E-state index contributed by atoms with van der Waals surface area (Å²) in [5.74, 6) is -0.309. The van der Waals surface area contributed by atoms with Crippen LogP contribution in [0.5, 0.6) is 5.75 Å². The molecule has 0 saturated heterocycles. The Balaban J connectivity index is 2.73. The summed E-state index contributed by atoms with van der Waals surface area (Å²) in [4.78, 5) is 0. The Labute approximate surface area is 104 Å². The van der Waals surface area contributed by atoms with Gasteiger partial charge in [0.25, 0.3) is 0 Å². The van der Waals surface area contributed by atoms with Gasteiger partial charge < -0.3 is 9.84 Å². The van der Waals surface area contributed by atoms with Gasteiger partial charge >= 0.3 is 6.18 Å². The Kier molecular flexibility index (Phi) is 5.47. The Hall–Kier alpha value is -1.23. The number of benzene rings is 1. The Morgan fingerprint density at radius 3 is 2.50 bits per heavy atom. The van der Waals surface area contributed by atoms with Gasteiger partial charge in [0.05, 0.1) is 12.2 Å². The van der Waals surface area contributed by atoms with Gasteiger partial charge in [0.2, 0.25) is 0 Å². The zero-order valence-corrected chi connectivity index (χ0v) is 10.2. The molecular formula is C13H17F3O2. The maximum atomic E-state index is 12.7. The molecule has 1 N–H and O–H groups in total. The van der Waals surface area contributed by atoms with Crippen LogP contribution in [0.15, 0.2) is 24.3 Å². The first kappa shape index (κ1) is 14.8. The maximum Gasteiger partial charge on any atom is 0.419 e. The quantitative estimate of drug-likeness (QED) is 0.850. The molecule has 1 rings (SSSR count). The van der Waals surface area contributed by atoms with E-state index in [4.69, 9.17) is 9.84 Å². The minimum Gasteiger partial charge on any atom is -0.493 e. The van der Waals surface area contributed by atoms with E-state index in [0.29, 0.717) is 0 Å². The molecule has 2 nitrogen and oxygen atoms in total. The van der Waals surface area contributed by atoms with E-state index in [9.17, 15) is 13.2 Å². The normalized spacial score (nSPS) is 13.4. The SMILES string of the molecule is CCCC(CO)COc1ccccc1C(F)(F)F. The lowest BCUT2D eigenvalue weighted by Gasteiger charge is -2.17. The molecule has 0 saturated carbocycles. The number of rotatable bonds is 6. The van der Waals surface area contributed by atoms with Gasteiger partial charge in [-0.05, 0) is 18.6 Å². The van der Waals surface area contributed by atoms with Crippen LogP contribution in [0.4, 0.5) is 13.2 Å². The minimum atomic E-state index is -4.42. The highest BCUT2D eigenvalue weighted by molar-refractivity contribution is 5.35. The zero-order valence-electron chi connectivity index (χ0n) is 10.2. The van der Waals surface area contributed by atoms with E-state index in [2.05, 4.69) is 0 Å². The third kappa shape index (κ3) is 4.22. The van der Waals surface area contributed by atoms with E-state index < -0.39 is 11.7 Å². The smallest absolute Gasteiger partial charge is 0.419 e. The topological polar surface area (TPSA) is 29.5 Å². The zero-order chi connectivity index (χ0) is 13.6. The Morgan fingerprint density at radius 1 is 1.28 bits per heavy atom. The van der Waals surface area contributed by atoms with Crippen LogP contribution in [-0.4, -0.2) is 18.3 Å². The molecule has 0 aliphatic rings. The minimum absolute atomic E-state index is 0.0813. The molecule has 18 heavy (non-hydrogen) atoms. The predicted molar refractivity (Wildman–Crippen MR) is 62.4 cm³/mol. The first-order chi connectivity index (χ1) is 8.49. The fraction of sp³-hybridized carbons (Fsp3) is 0.538. The molecule has 0 amide bonds. The molecule has 102 valence electrons. The lowest BCUT2D eigenvalue weighted by atomic mass is 10.1. The standard InChI is InChI=1S/C13H17F3O2/c1-2-5-10(8-17)9-18-12-7-4-3-6-11(12)13(14,15)16/h3-4,6-7,10,17H,2,5,8-9H2,1H3. The van der Waals surface area contributed by atoms with Crippen LogP contribution in [0.2, 0.25) is 0 Å². The van der Waals surface area contributed by atoms with Crippen LogP contribution in [-0.2, 0) is 6.18 Å².